The van der Waals surface area contributed by atoms with Gasteiger partial charge in [0.2, 0.25) is 5.91 Å². The van der Waals surface area contributed by atoms with Crippen LogP contribution in [0.25, 0.3) is 0 Å². The number of halogens is 2. The smallest absolute Gasteiger partial charge is 0.228 e. The summed E-state index contributed by atoms with van der Waals surface area (Å²) in [5.41, 5.74) is 1.71. The standard InChI is InChI=1S/C17H13BrClNO2/c18-12-6-7-15(20-10-13(19)9-16(20)21)14(8-12)17(22)11-4-2-1-3-5-11/h1-8,13H,9-10H2. The quantitative estimate of drug-likeness (QED) is 0.597. The van der Waals surface area contributed by atoms with Crippen LogP contribution in [-0.4, -0.2) is 23.6 Å². The van der Waals surface area contributed by atoms with Crippen LogP contribution in [0.5, 0.6) is 0 Å². The van der Waals surface area contributed by atoms with E-state index in [-0.39, 0.29) is 17.1 Å². The maximum atomic E-state index is 12.8. The van der Waals surface area contributed by atoms with Crippen molar-refractivity contribution in [1.29, 1.82) is 0 Å². The summed E-state index contributed by atoms with van der Waals surface area (Å²) in [6.07, 6.45) is 0.302. The minimum Gasteiger partial charge on any atom is -0.310 e. The topological polar surface area (TPSA) is 37.4 Å². The number of anilines is 1. The van der Waals surface area contributed by atoms with Crippen LogP contribution in [0.15, 0.2) is 53.0 Å². The predicted molar refractivity (Wildman–Crippen MR) is 90.6 cm³/mol. The summed E-state index contributed by atoms with van der Waals surface area (Å²) in [6, 6.07) is 14.4. The predicted octanol–water partition coefficient (Wildman–Crippen LogP) is 4.02. The lowest BCUT2D eigenvalue weighted by atomic mass is 10.0. The molecule has 1 amide bonds. The summed E-state index contributed by atoms with van der Waals surface area (Å²) in [4.78, 5) is 26.5. The number of benzene rings is 2. The van der Waals surface area contributed by atoms with Crippen molar-refractivity contribution >= 4 is 44.9 Å². The number of hydrogen-bond donors (Lipinski definition) is 0. The van der Waals surface area contributed by atoms with E-state index in [1.807, 2.05) is 24.3 Å². The lowest BCUT2D eigenvalue weighted by Crippen LogP contribution is -2.26. The van der Waals surface area contributed by atoms with Gasteiger partial charge in [-0.15, -0.1) is 11.6 Å². The Kier molecular flexibility index (Phi) is 4.32. The van der Waals surface area contributed by atoms with Crippen LogP contribution in [0.3, 0.4) is 0 Å². The van der Waals surface area contributed by atoms with Crippen LogP contribution in [0, 0.1) is 0 Å². The molecule has 1 aliphatic heterocycles. The van der Waals surface area contributed by atoms with Crippen molar-refractivity contribution in [2.45, 2.75) is 11.8 Å². The van der Waals surface area contributed by atoms with Crippen molar-refractivity contribution in [2.75, 3.05) is 11.4 Å². The average molecular weight is 379 g/mol. The summed E-state index contributed by atoms with van der Waals surface area (Å²) < 4.78 is 0.796. The van der Waals surface area contributed by atoms with Crippen molar-refractivity contribution in [2.24, 2.45) is 0 Å². The molecule has 0 saturated carbocycles. The van der Waals surface area contributed by atoms with Crippen molar-refractivity contribution in [3.63, 3.8) is 0 Å². The van der Waals surface area contributed by atoms with Crippen LogP contribution in [-0.2, 0) is 4.79 Å². The van der Waals surface area contributed by atoms with E-state index in [9.17, 15) is 9.59 Å². The zero-order valence-electron chi connectivity index (χ0n) is 11.6. The lowest BCUT2D eigenvalue weighted by Gasteiger charge is -2.19. The molecule has 1 heterocycles. The molecule has 1 atom stereocenters. The molecule has 0 radical (unpaired) electrons. The summed E-state index contributed by atoms with van der Waals surface area (Å²) in [5, 5.41) is -0.212. The van der Waals surface area contributed by atoms with Gasteiger partial charge < -0.3 is 4.90 Å². The van der Waals surface area contributed by atoms with E-state index in [1.54, 1.807) is 29.2 Å². The molecule has 1 fully saturated rings. The third-order valence-electron chi connectivity index (χ3n) is 3.61. The van der Waals surface area contributed by atoms with Gasteiger partial charge in [0.15, 0.2) is 5.78 Å². The first-order valence-electron chi connectivity index (χ1n) is 6.90. The van der Waals surface area contributed by atoms with Gasteiger partial charge in [-0.2, -0.15) is 0 Å². The molecule has 2 aromatic rings. The number of amides is 1. The fraction of sp³-hybridized carbons (Fsp3) is 0.176. The van der Waals surface area contributed by atoms with E-state index in [2.05, 4.69) is 15.9 Å². The van der Waals surface area contributed by atoms with Gasteiger partial charge in [0.05, 0.1) is 11.1 Å². The Morgan fingerprint density at radius 1 is 1.18 bits per heavy atom. The first-order valence-corrected chi connectivity index (χ1v) is 8.13. The molecular weight excluding hydrogens is 366 g/mol. The first kappa shape index (κ1) is 15.3. The number of alkyl halides is 1. The van der Waals surface area contributed by atoms with Crippen molar-refractivity contribution in [3.05, 3.63) is 64.1 Å². The molecule has 1 unspecified atom stereocenters. The summed E-state index contributed by atoms with van der Waals surface area (Å²) >= 11 is 9.47. The maximum absolute atomic E-state index is 12.8. The molecule has 1 aliphatic rings. The highest BCUT2D eigenvalue weighted by atomic mass is 79.9. The monoisotopic (exact) mass is 377 g/mol. The maximum Gasteiger partial charge on any atom is 0.228 e. The van der Waals surface area contributed by atoms with Gasteiger partial charge in [0, 0.05) is 28.6 Å². The number of nitrogens with zero attached hydrogens (tertiary/aromatic N) is 1. The third-order valence-corrected chi connectivity index (χ3v) is 4.39. The number of ketones is 1. The second kappa shape index (κ2) is 6.23. The Bertz CT molecular complexity index is 733. The molecule has 0 N–H and O–H groups in total. The van der Waals surface area contributed by atoms with Gasteiger partial charge in [-0.1, -0.05) is 46.3 Å². The average Bonchev–Trinajstić information content (AvgIpc) is 2.86. The molecule has 22 heavy (non-hydrogen) atoms. The molecule has 0 spiro atoms. The molecule has 0 aromatic heterocycles. The van der Waals surface area contributed by atoms with Gasteiger partial charge in [-0.3, -0.25) is 9.59 Å². The number of carbonyl (C=O) groups is 2. The van der Waals surface area contributed by atoms with Crippen molar-refractivity contribution < 1.29 is 9.59 Å². The van der Waals surface area contributed by atoms with Gasteiger partial charge >= 0.3 is 0 Å². The van der Waals surface area contributed by atoms with Crippen molar-refractivity contribution in [1.82, 2.24) is 0 Å². The Morgan fingerprint density at radius 2 is 1.91 bits per heavy atom. The first-order chi connectivity index (χ1) is 10.6. The van der Waals surface area contributed by atoms with E-state index in [4.69, 9.17) is 11.6 Å². The minimum atomic E-state index is -0.212. The Labute approximate surface area is 142 Å². The molecule has 3 rings (SSSR count). The Morgan fingerprint density at radius 3 is 2.55 bits per heavy atom. The van der Waals surface area contributed by atoms with Gasteiger partial charge in [0.1, 0.15) is 0 Å². The van der Waals surface area contributed by atoms with Crippen LogP contribution in [0.1, 0.15) is 22.3 Å². The normalized spacial score (nSPS) is 17.8. The van der Waals surface area contributed by atoms with E-state index in [0.29, 0.717) is 29.8 Å². The Hall–Kier alpha value is -1.65. The van der Waals surface area contributed by atoms with Crippen LogP contribution < -0.4 is 4.90 Å². The molecule has 5 heteroatoms. The fourth-order valence-electron chi connectivity index (χ4n) is 2.57. The minimum absolute atomic E-state index is 0.0514. The largest absolute Gasteiger partial charge is 0.310 e. The lowest BCUT2D eigenvalue weighted by molar-refractivity contribution is -0.117. The zero-order chi connectivity index (χ0) is 15.7. The molecule has 112 valence electrons. The van der Waals surface area contributed by atoms with E-state index in [1.165, 1.54) is 0 Å². The van der Waals surface area contributed by atoms with Gasteiger partial charge in [-0.25, -0.2) is 0 Å². The zero-order valence-corrected chi connectivity index (χ0v) is 14.0. The number of rotatable bonds is 3. The van der Waals surface area contributed by atoms with E-state index >= 15 is 0 Å². The second-order valence-corrected chi connectivity index (χ2v) is 6.70. The van der Waals surface area contributed by atoms with Crippen molar-refractivity contribution in [3.8, 4) is 0 Å². The Balaban J connectivity index is 2.06. The van der Waals surface area contributed by atoms with Gasteiger partial charge in [-0.05, 0) is 18.2 Å². The second-order valence-electron chi connectivity index (χ2n) is 5.16. The SMILES string of the molecule is O=C(c1ccccc1)c1cc(Br)ccc1N1CC(Cl)CC1=O. The van der Waals surface area contributed by atoms with Crippen LogP contribution in [0.2, 0.25) is 0 Å². The van der Waals surface area contributed by atoms with Crippen LogP contribution >= 0.6 is 27.5 Å². The molecule has 2 aromatic carbocycles. The highest BCUT2D eigenvalue weighted by molar-refractivity contribution is 9.10. The fourth-order valence-corrected chi connectivity index (χ4v) is 3.20. The van der Waals surface area contributed by atoms with Crippen LogP contribution in [0.4, 0.5) is 5.69 Å². The molecule has 3 nitrogen and oxygen atoms in total. The molecule has 0 aliphatic carbocycles. The summed E-state index contributed by atoms with van der Waals surface area (Å²) in [6.45, 7) is 0.428. The van der Waals surface area contributed by atoms with E-state index in [0.717, 1.165) is 4.47 Å². The molecular formula is C17H13BrClNO2. The highest BCUT2D eigenvalue weighted by Gasteiger charge is 2.31. The molecule has 0 bridgehead atoms. The summed E-state index contributed by atoms with van der Waals surface area (Å²) in [7, 11) is 0. The third kappa shape index (κ3) is 2.94. The highest BCUT2D eigenvalue weighted by Crippen LogP contribution is 2.31. The molecule has 1 saturated heterocycles. The number of carbonyl (C=O) groups excluding carboxylic acids is 2. The number of hydrogen-bond acceptors (Lipinski definition) is 2. The summed E-state index contributed by atoms with van der Waals surface area (Å²) in [5.74, 6) is -0.160. The van der Waals surface area contributed by atoms with E-state index < -0.39 is 0 Å². The van der Waals surface area contributed by atoms with Gasteiger partial charge in [0.25, 0.3) is 0 Å².